The molecule has 0 radical (unpaired) electrons. The summed E-state index contributed by atoms with van der Waals surface area (Å²) >= 11 is 1.94. The van der Waals surface area contributed by atoms with Gasteiger partial charge in [0.1, 0.15) is 0 Å². The highest BCUT2D eigenvalue weighted by Gasteiger charge is 2.12. The van der Waals surface area contributed by atoms with E-state index in [4.69, 9.17) is 0 Å². The third-order valence-electron chi connectivity index (χ3n) is 6.58. The van der Waals surface area contributed by atoms with Crippen LogP contribution in [0.25, 0.3) is 10.8 Å². The number of carbonyl (C=O) groups is 2. The van der Waals surface area contributed by atoms with Crippen LogP contribution in [-0.2, 0) is 17.6 Å². The molecule has 0 saturated carbocycles. The van der Waals surface area contributed by atoms with Crippen LogP contribution in [0.2, 0.25) is 0 Å². The molecule has 3 aromatic carbocycles. The normalized spacial score (nSPS) is 11.1. The first-order valence-corrected chi connectivity index (χ1v) is 13.6. The molecule has 5 nitrogen and oxygen atoms in total. The molecule has 1 heterocycles. The van der Waals surface area contributed by atoms with Crippen molar-refractivity contribution in [1.82, 2.24) is 4.98 Å². The average molecular weight is 513 g/mol. The summed E-state index contributed by atoms with van der Waals surface area (Å²) < 4.78 is 0. The summed E-state index contributed by atoms with van der Waals surface area (Å²) in [7, 11) is 0. The molecule has 190 valence electrons. The van der Waals surface area contributed by atoms with Gasteiger partial charge < -0.3 is 10.4 Å². The lowest BCUT2D eigenvalue weighted by Crippen LogP contribution is -2.17. The van der Waals surface area contributed by atoms with E-state index in [9.17, 15) is 14.7 Å². The maximum absolute atomic E-state index is 12.5. The second kappa shape index (κ2) is 12.5. The zero-order valence-corrected chi connectivity index (χ0v) is 22.1. The first kappa shape index (κ1) is 26.4. The minimum atomic E-state index is -1.08. The van der Waals surface area contributed by atoms with E-state index in [1.165, 1.54) is 40.1 Å². The number of amides is 1. The highest BCUT2D eigenvalue weighted by molar-refractivity contribution is 7.99. The van der Waals surface area contributed by atoms with E-state index in [0.717, 1.165) is 22.9 Å². The highest BCUT2D eigenvalue weighted by Crippen LogP contribution is 2.28. The number of para-hydroxylation sites is 1. The predicted molar refractivity (Wildman–Crippen MR) is 152 cm³/mol. The van der Waals surface area contributed by atoms with Gasteiger partial charge in [-0.25, -0.2) is 4.79 Å². The van der Waals surface area contributed by atoms with Crippen molar-refractivity contribution in [2.45, 2.75) is 44.4 Å². The molecule has 1 amide bonds. The van der Waals surface area contributed by atoms with Gasteiger partial charge in [-0.05, 0) is 58.1 Å². The zero-order valence-electron chi connectivity index (χ0n) is 21.2. The van der Waals surface area contributed by atoms with Crippen molar-refractivity contribution in [3.63, 3.8) is 0 Å². The lowest BCUT2D eigenvalue weighted by atomic mass is 10.0. The summed E-state index contributed by atoms with van der Waals surface area (Å²) in [6, 6.07) is 23.5. The van der Waals surface area contributed by atoms with Gasteiger partial charge in [0.2, 0.25) is 5.91 Å². The number of anilines is 1. The molecule has 37 heavy (non-hydrogen) atoms. The molecule has 0 aliphatic carbocycles. The number of aromatic nitrogens is 1. The molecular formula is C31H32N2O3S. The van der Waals surface area contributed by atoms with Crippen LogP contribution in [0.15, 0.2) is 83.9 Å². The van der Waals surface area contributed by atoms with Crippen molar-refractivity contribution in [1.29, 1.82) is 0 Å². The summed E-state index contributed by atoms with van der Waals surface area (Å²) in [6.07, 6.45) is 4.99. The number of benzene rings is 3. The van der Waals surface area contributed by atoms with E-state index < -0.39 is 5.97 Å². The third kappa shape index (κ3) is 7.20. The van der Waals surface area contributed by atoms with E-state index in [1.54, 1.807) is 24.4 Å². The number of carboxylic acids is 1. The molecule has 0 unspecified atom stereocenters. The van der Waals surface area contributed by atoms with Crippen molar-refractivity contribution in [3.8, 4) is 0 Å². The van der Waals surface area contributed by atoms with E-state index in [-0.39, 0.29) is 23.6 Å². The van der Waals surface area contributed by atoms with Crippen LogP contribution in [0.5, 0.6) is 0 Å². The number of aromatic carboxylic acids is 1. The van der Waals surface area contributed by atoms with Crippen LogP contribution < -0.4 is 5.32 Å². The van der Waals surface area contributed by atoms with Gasteiger partial charge in [-0.3, -0.25) is 9.78 Å². The zero-order chi connectivity index (χ0) is 26.2. The van der Waals surface area contributed by atoms with Gasteiger partial charge in [0.15, 0.2) is 0 Å². The molecule has 0 atom stereocenters. The molecular weight excluding hydrogens is 480 g/mol. The van der Waals surface area contributed by atoms with Crippen LogP contribution >= 0.6 is 11.8 Å². The lowest BCUT2D eigenvalue weighted by Gasteiger charge is -2.12. The van der Waals surface area contributed by atoms with Gasteiger partial charge in [-0.2, -0.15) is 0 Å². The van der Waals surface area contributed by atoms with E-state index in [2.05, 4.69) is 60.5 Å². The Hall–Kier alpha value is -3.64. The van der Waals surface area contributed by atoms with Crippen molar-refractivity contribution < 1.29 is 14.7 Å². The number of nitrogens with zero attached hydrogens (tertiary/aromatic N) is 1. The fraction of sp³-hybridized carbons (Fsp3) is 0.258. The van der Waals surface area contributed by atoms with Gasteiger partial charge in [-0.1, -0.05) is 69.2 Å². The van der Waals surface area contributed by atoms with Gasteiger partial charge in [-0.15, -0.1) is 11.8 Å². The lowest BCUT2D eigenvalue weighted by molar-refractivity contribution is -0.115. The van der Waals surface area contributed by atoms with Crippen LogP contribution in [0, 0.1) is 5.92 Å². The number of rotatable bonds is 11. The average Bonchev–Trinajstić information content (AvgIpc) is 2.90. The summed E-state index contributed by atoms with van der Waals surface area (Å²) in [5.41, 5.74) is 3.24. The molecule has 0 aliphatic rings. The Morgan fingerprint density at radius 1 is 0.919 bits per heavy atom. The standard InChI is InChI=1S/C31H32N2O3S/c1-3-21(4-2)20-37-27-14-12-24-15-22(9-11-25(24)18-27)16-26-13-10-23(19-32-26)17-30(34)33-29-8-6-5-7-28(29)31(35)36/h5-15,18-19,21H,3-4,16-17,20H2,1-2H3,(H,33,34)(H,35,36). The maximum atomic E-state index is 12.5. The van der Waals surface area contributed by atoms with Crippen molar-refractivity contribution in [3.05, 3.63) is 101 Å². The molecule has 1 aromatic heterocycles. The monoisotopic (exact) mass is 512 g/mol. The molecule has 6 heteroatoms. The number of hydrogen-bond donors (Lipinski definition) is 2. The fourth-order valence-corrected chi connectivity index (χ4v) is 5.52. The Kier molecular flexibility index (Phi) is 8.96. The van der Waals surface area contributed by atoms with Gasteiger partial charge in [0.25, 0.3) is 0 Å². The van der Waals surface area contributed by atoms with Crippen molar-refractivity contribution in [2.75, 3.05) is 11.1 Å². The van der Waals surface area contributed by atoms with Crippen LogP contribution in [-0.4, -0.2) is 27.7 Å². The summed E-state index contributed by atoms with van der Waals surface area (Å²) in [5, 5.41) is 14.4. The summed E-state index contributed by atoms with van der Waals surface area (Å²) in [4.78, 5) is 29.7. The predicted octanol–water partition coefficient (Wildman–Crippen LogP) is 7.23. The molecule has 0 saturated heterocycles. The third-order valence-corrected chi connectivity index (χ3v) is 7.81. The maximum Gasteiger partial charge on any atom is 0.337 e. The SMILES string of the molecule is CCC(CC)CSc1ccc2cc(Cc3ccc(CC(=O)Nc4ccccc4C(=O)O)cn3)ccc2c1. The topological polar surface area (TPSA) is 79.3 Å². The second-order valence-electron chi connectivity index (χ2n) is 9.25. The molecule has 4 aromatic rings. The van der Waals surface area contributed by atoms with Crippen molar-refractivity contribution in [2.24, 2.45) is 5.92 Å². The molecule has 0 fully saturated rings. The number of nitrogens with one attached hydrogen (secondary N) is 1. The Morgan fingerprint density at radius 3 is 2.38 bits per heavy atom. The van der Waals surface area contributed by atoms with Gasteiger partial charge in [0.05, 0.1) is 17.7 Å². The molecule has 2 N–H and O–H groups in total. The Labute approximate surface area is 222 Å². The summed E-state index contributed by atoms with van der Waals surface area (Å²) in [6.45, 7) is 4.53. The second-order valence-corrected chi connectivity index (χ2v) is 10.3. The van der Waals surface area contributed by atoms with Crippen LogP contribution in [0.4, 0.5) is 5.69 Å². The Balaban J connectivity index is 1.36. The summed E-state index contributed by atoms with van der Waals surface area (Å²) in [5.74, 6) is 0.572. The first-order chi connectivity index (χ1) is 17.9. The number of hydrogen-bond acceptors (Lipinski definition) is 4. The fourth-order valence-electron chi connectivity index (χ4n) is 4.24. The quantitative estimate of drug-likeness (QED) is 0.207. The largest absolute Gasteiger partial charge is 0.478 e. The minimum absolute atomic E-state index is 0.0660. The van der Waals surface area contributed by atoms with E-state index in [0.29, 0.717) is 6.42 Å². The Morgan fingerprint density at radius 2 is 1.65 bits per heavy atom. The van der Waals surface area contributed by atoms with Crippen LogP contribution in [0.3, 0.4) is 0 Å². The van der Waals surface area contributed by atoms with Gasteiger partial charge >= 0.3 is 5.97 Å². The smallest absolute Gasteiger partial charge is 0.337 e. The number of fused-ring (bicyclic) bond motifs is 1. The Bertz CT molecular complexity index is 1380. The number of pyridine rings is 1. The van der Waals surface area contributed by atoms with E-state index >= 15 is 0 Å². The first-order valence-electron chi connectivity index (χ1n) is 12.7. The number of carboxylic acid groups (broad SMARTS) is 1. The van der Waals surface area contributed by atoms with Gasteiger partial charge in [0, 0.05) is 29.0 Å². The minimum Gasteiger partial charge on any atom is -0.478 e. The highest BCUT2D eigenvalue weighted by atomic mass is 32.2. The van der Waals surface area contributed by atoms with Crippen molar-refractivity contribution >= 4 is 40.1 Å². The number of carbonyl (C=O) groups excluding carboxylic acids is 1. The molecule has 0 bridgehead atoms. The molecule has 4 rings (SSSR count). The molecule has 0 spiro atoms. The number of thioether (sulfide) groups is 1. The van der Waals surface area contributed by atoms with Crippen LogP contribution in [0.1, 0.15) is 53.9 Å². The van der Waals surface area contributed by atoms with E-state index in [1.807, 2.05) is 23.9 Å². The molecule has 0 aliphatic heterocycles.